The first-order valence-corrected chi connectivity index (χ1v) is 7.64. The Morgan fingerprint density at radius 2 is 2.11 bits per heavy atom. The van der Waals surface area contributed by atoms with Crippen LogP contribution in [-0.4, -0.2) is 13.1 Å². The highest BCUT2D eigenvalue weighted by atomic mass is 79.9. The third kappa shape index (κ3) is 3.55. The summed E-state index contributed by atoms with van der Waals surface area (Å²) in [4.78, 5) is 0. The van der Waals surface area contributed by atoms with E-state index >= 15 is 0 Å². The minimum atomic E-state index is -0.0645. The van der Waals surface area contributed by atoms with Crippen molar-refractivity contribution in [2.75, 3.05) is 13.1 Å². The highest BCUT2D eigenvalue weighted by Gasteiger charge is 2.30. The molecular formula is C15H21BrFN. The molecule has 1 aromatic carbocycles. The number of hydrogen-bond donors (Lipinski definition) is 1. The maximum Gasteiger partial charge on any atom is 0.126 e. The zero-order valence-corrected chi connectivity index (χ0v) is 12.5. The van der Waals surface area contributed by atoms with Gasteiger partial charge >= 0.3 is 0 Å². The SMILES string of the molecule is CCCNCC1CCC1Cc1cc(Br)ccc1F. The van der Waals surface area contributed by atoms with Gasteiger partial charge in [-0.05, 0) is 74.4 Å². The van der Waals surface area contributed by atoms with Gasteiger partial charge in [0.2, 0.25) is 0 Å². The molecule has 0 radical (unpaired) electrons. The van der Waals surface area contributed by atoms with Crippen LogP contribution in [-0.2, 0) is 6.42 Å². The number of halogens is 2. The first-order chi connectivity index (χ1) is 8.70. The Morgan fingerprint density at radius 3 is 2.78 bits per heavy atom. The highest BCUT2D eigenvalue weighted by Crippen LogP contribution is 2.37. The molecule has 2 unspecified atom stereocenters. The quantitative estimate of drug-likeness (QED) is 0.778. The zero-order valence-electron chi connectivity index (χ0n) is 10.9. The van der Waals surface area contributed by atoms with Crippen LogP contribution in [0.3, 0.4) is 0 Å². The highest BCUT2D eigenvalue weighted by molar-refractivity contribution is 9.10. The van der Waals surface area contributed by atoms with Crippen molar-refractivity contribution in [2.45, 2.75) is 32.6 Å². The maximum atomic E-state index is 13.7. The van der Waals surface area contributed by atoms with Gasteiger partial charge in [-0.1, -0.05) is 22.9 Å². The van der Waals surface area contributed by atoms with E-state index in [1.165, 1.54) is 19.3 Å². The van der Waals surface area contributed by atoms with Crippen LogP contribution in [0, 0.1) is 17.7 Å². The molecule has 0 saturated heterocycles. The Morgan fingerprint density at radius 1 is 1.33 bits per heavy atom. The summed E-state index contributed by atoms with van der Waals surface area (Å²) in [6.07, 6.45) is 4.59. The van der Waals surface area contributed by atoms with Crippen LogP contribution in [0.2, 0.25) is 0 Å². The number of nitrogens with one attached hydrogen (secondary N) is 1. The average molecular weight is 314 g/mol. The molecule has 2 rings (SSSR count). The van der Waals surface area contributed by atoms with Gasteiger partial charge in [-0.3, -0.25) is 0 Å². The summed E-state index contributed by atoms with van der Waals surface area (Å²) < 4.78 is 14.7. The molecule has 1 aliphatic rings. The third-order valence-electron chi connectivity index (χ3n) is 3.90. The van der Waals surface area contributed by atoms with Crippen LogP contribution in [0.5, 0.6) is 0 Å². The number of hydrogen-bond acceptors (Lipinski definition) is 1. The summed E-state index contributed by atoms with van der Waals surface area (Å²) in [5, 5.41) is 3.48. The molecule has 100 valence electrons. The Bertz CT molecular complexity index is 394. The van der Waals surface area contributed by atoms with Crippen molar-refractivity contribution in [3.05, 3.63) is 34.1 Å². The fourth-order valence-electron chi connectivity index (χ4n) is 2.62. The summed E-state index contributed by atoms with van der Waals surface area (Å²) in [6.45, 7) is 4.37. The lowest BCUT2D eigenvalue weighted by atomic mass is 9.70. The van der Waals surface area contributed by atoms with E-state index in [2.05, 4.69) is 28.2 Å². The topological polar surface area (TPSA) is 12.0 Å². The van der Waals surface area contributed by atoms with E-state index in [-0.39, 0.29) is 5.82 Å². The fourth-order valence-corrected chi connectivity index (χ4v) is 3.03. The van der Waals surface area contributed by atoms with Crippen LogP contribution in [0.4, 0.5) is 4.39 Å². The van der Waals surface area contributed by atoms with Gasteiger partial charge in [-0.15, -0.1) is 0 Å². The Kier molecular flexibility index (Phi) is 5.19. The minimum absolute atomic E-state index is 0.0645. The third-order valence-corrected chi connectivity index (χ3v) is 4.39. The Hall–Kier alpha value is -0.410. The van der Waals surface area contributed by atoms with E-state index in [0.29, 0.717) is 5.92 Å². The fraction of sp³-hybridized carbons (Fsp3) is 0.600. The van der Waals surface area contributed by atoms with E-state index in [4.69, 9.17) is 0 Å². The van der Waals surface area contributed by atoms with E-state index < -0.39 is 0 Å². The molecule has 1 aliphatic carbocycles. The zero-order chi connectivity index (χ0) is 13.0. The summed E-state index contributed by atoms with van der Waals surface area (Å²) in [5.74, 6) is 1.32. The lowest BCUT2D eigenvalue weighted by Crippen LogP contribution is -2.36. The smallest absolute Gasteiger partial charge is 0.126 e. The molecule has 0 aliphatic heterocycles. The molecule has 3 heteroatoms. The van der Waals surface area contributed by atoms with Crippen molar-refractivity contribution in [1.82, 2.24) is 5.32 Å². The molecule has 0 bridgehead atoms. The first-order valence-electron chi connectivity index (χ1n) is 6.85. The predicted octanol–water partition coefficient (Wildman–Crippen LogP) is 4.16. The first kappa shape index (κ1) is 14.0. The molecule has 0 spiro atoms. The molecule has 18 heavy (non-hydrogen) atoms. The van der Waals surface area contributed by atoms with Crippen LogP contribution in [0.25, 0.3) is 0 Å². The average Bonchev–Trinajstić information content (AvgIpc) is 2.34. The van der Waals surface area contributed by atoms with Crippen LogP contribution in [0.1, 0.15) is 31.7 Å². The summed E-state index contributed by atoms with van der Waals surface area (Å²) in [5.41, 5.74) is 0.856. The molecule has 0 aromatic heterocycles. The van der Waals surface area contributed by atoms with Gasteiger partial charge in [-0.25, -0.2) is 4.39 Å². The Balaban J connectivity index is 1.87. The van der Waals surface area contributed by atoms with Gasteiger partial charge < -0.3 is 5.32 Å². The number of benzene rings is 1. The van der Waals surface area contributed by atoms with Gasteiger partial charge in [0, 0.05) is 4.47 Å². The van der Waals surface area contributed by atoms with E-state index in [1.54, 1.807) is 12.1 Å². The molecule has 1 saturated carbocycles. The van der Waals surface area contributed by atoms with Gasteiger partial charge in [0.15, 0.2) is 0 Å². The van der Waals surface area contributed by atoms with Crippen molar-refractivity contribution in [1.29, 1.82) is 0 Å². The lowest BCUT2D eigenvalue weighted by molar-refractivity contribution is 0.170. The lowest BCUT2D eigenvalue weighted by Gasteiger charge is -2.37. The molecule has 1 N–H and O–H groups in total. The second kappa shape index (κ2) is 6.67. The van der Waals surface area contributed by atoms with Crippen LogP contribution in [0.15, 0.2) is 22.7 Å². The van der Waals surface area contributed by atoms with Crippen molar-refractivity contribution >= 4 is 15.9 Å². The monoisotopic (exact) mass is 313 g/mol. The second-order valence-electron chi connectivity index (χ2n) is 5.24. The second-order valence-corrected chi connectivity index (χ2v) is 6.16. The van der Waals surface area contributed by atoms with E-state index in [1.807, 2.05) is 6.07 Å². The number of rotatable bonds is 6. The van der Waals surface area contributed by atoms with Crippen molar-refractivity contribution in [3.63, 3.8) is 0 Å². The van der Waals surface area contributed by atoms with Crippen molar-refractivity contribution in [3.8, 4) is 0 Å². The van der Waals surface area contributed by atoms with Gasteiger partial charge in [0.05, 0.1) is 0 Å². The Labute approximate surface area is 117 Å². The van der Waals surface area contributed by atoms with E-state index in [9.17, 15) is 4.39 Å². The molecule has 2 atom stereocenters. The largest absolute Gasteiger partial charge is 0.316 e. The molecule has 1 aromatic rings. The summed E-state index contributed by atoms with van der Waals surface area (Å²) >= 11 is 3.41. The van der Waals surface area contributed by atoms with Crippen molar-refractivity contribution in [2.24, 2.45) is 11.8 Å². The van der Waals surface area contributed by atoms with Crippen LogP contribution >= 0.6 is 15.9 Å². The summed E-state index contributed by atoms with van der Waals surface area (Å²) in [6, 6.07) is 5.24. The molecule has 0 heterocycles. The minimum Gasteiger partial charge on any atom is -0.316 e. The van der Waals surface area contributed by atoms with Gasteiger partial charge in [0.1, 0.15) is 5.82 Å². The molecule has 1 fully saturated rings. The molecule has 0 amide bonds. The maximum absolute atomic E-state index is 13.7. The van der Waals surface area contributed by atoms with E-state index in [0.717, 1.165) is 35.5 Å². The predicted molar refractivity (Wildman–Crippen MR) is 77.2 cm³/mol. The van der Waals surface area contributed by atoms with Crippen LogP contribution < -0.4 is 5.32 Å². The standard InChI is InChI=1S/C15H21BrFN/c1-2-7-18-10-12-4-3-11(12)8-13-9-14(16)5-6-15(13)17/h5-6,9,11-12,18H,2-4,7-8,10H2,1H3. The van der Waals surface area contributed by atoms with Gasteiger partial charge in [0.25, 0.3) is 0 Å². The van der Waals surface area contributed by atoms with Gasteiger partial charge in [-0.2, -0.15) is 0 Å². The molecular weight excluding hydrogens is 293 g/mol. The van der Waals surface area contributed by atoms with Crippen molar-refractivity contribution < 1.29 is 4.39 Å². The summed E-state index contributed by atoms with van der Waals surface area (Å²) in [7, 11) is 0. The molecule has 1 nitrogen and oxygen atoms in total. The normalized spacial score (nSPS) is 22.8.